The Morgan fingerprint density at radius 3 is 2.78 bits per heavy atom. The van der Waals surface area contributed by atoms with Crippen LogP contribution in [0.1, 0.15) is 34.6 Å². The van der Waals surface area contributed by atoms with Gasteiger partial charge in [-0.1, -0.05) is 24.3 Å². The fourth-order valence-corrected chi connectivity index (χ4v) is 2.58. The molecule has 3 rings (SSSR count). The van der Waals surface area contributed by atoms with Crippen molar-refractivity contribution >= 4 is 5.91 Å². The highest BCUT2D eigenvalue weighted by atomic mass is 16.5. The van der Waals surface area contributed by atoms with E-state index in [0.29, 0.717) is 28.5 Å². The molecule has 1 unspecified atom stereocenters. The predicted molar refractivity (Wildman–Crippen MR) is 100 cm³/mol. The van der Waals surface area contributed by atoms with Crippen LogP contribution in [-0.2, 0) is 6.54 Å². The summed E-state index contributed by atoms with van der Waals surface area (Å²) < 4.78 is 5.69. The first-order chi connectivity index (χ1) is 13.1. The largest absolute Gasteiger partial charge is 0.508 e. The summed E-state index contributed by atoms with van der Waals surface area (Å²) in [4.78, 5) is 20.6. The van der Waals surface area contributed by atoms with Crippen molar-refractivity contribution in [3.8, 4) is 17.4 Å². The third-order valence-corrected chi connectivity index (χ3v) is 3.98. The molecule has 4 N–H and O–H groups in total. The van der Waals surface area contributed by atoms with E-state index >= 15 is 0 Å². The molecule has 1 heterocycles. The van der Waals surface area contributed by atoms with E-state index in [0.717, 1.165) is 0 Å². The van der Waals surface area contributed by atoms with E-state index in [1.54, 1.807) is 48.5 Å². The van der Waals surface area contributed by atoms with E-state index in [2.05, 4.69) is 15.3 Å². The number of benzene rings is 2. The van der Waals surface area contributed by atoms with Gasteiger partial charge >= 0.3 is 0 Å². The Hall–Kier alpha value is -3.45. The van der Waals surface area contributed by atoms with Gasteiger partial charge in [-0.3, -0.25) is 4.79 Å². The van der Waals surface area contributed by atoms with Crippen molar-refractivity contribution in [2.45, 2.75) is 19.5 Å². The number of ether oxygens (including phenoxy) is 1. The van der Waals surface area contributed by atoms with Crippen LogP contribution in [0.5, 0.6) is 17.4 Å². The van der Waals surface area contributed by atoms with Gasteiger partial charge in [0.2, 0.25) is 5.88 Å². The van der Waals surface area contributed by atoms with Gasteiger partial charge in [0.05, 0.1) is 11.7 Å². The molecule has 0 bridgehead atoms. The number of para-hydroxylation sites is 1. The monoisotopic (exact) mass is 364 g/mol. The van der Waals surface area contributed by atoms with Crippen LogP contribution in [0.4, 0.5) is 0 Å². The second-order valence-electron chi connectivity index (χ2n) is 5.94. The Morgan fingerprint density at radius 2 is 2.00 bits per heavy atom. The molecule has 0 saturated heterocycles. The molecule has 7 heteroatoms. The van der Waals surface area contributed by atoms with E-state index in [1.165, 1.54) is 6.33 Å². The number of hydrogen-bond acceptors (Lipinski definition) is 6. The van der Waals surface area contributed by atoms with Gasteiger partial charge in [0.15, 0.2) is 0 Å². The molecule has 0 fully saturated rings. The second kappa shape index (κ2) is 8.29. The van der Waals surface area contributed by atoms with Crippen molar-refractivity contribution < 1.29 is 14.6 Å². The van der Waals surface area contributed by atoms with Crippen molar-refractivity contribution in [1.82, 2.24) is 15.3 Å². The molecule has 2 aromatic carbocycles. The zero-order valence-electron chi connectivity index (χ0n) is 14.8. The molecule has 1 aromatic heterocycles. The van der Waals surface area contributed by atoms with E-state index < -0.39 is 0 Å². The fraction of sp³-hybridized carbons (Fsp3) is 0.150. The van der Waals surface area contributed by atoms with Crippen LogP contribution < -0.4 is 15.8 Å². The van der Waals surface area contributed by atoms with Crippen molar-refractivity contribution in [1.29, 1.82) is 0 Å². The summed E-state index contributed by atoms with van der Waals surface area (Å²) in [7, 11) is 0. The minimum atomic E-state index is -0.350. The first-order valence-corrected chi connectivity index (χ1v) is 8.44. The molecule has 0 saturated carbocycles. The number of nitrogens with one attached hydrogen (secondary N) is 1. The number of aromatic nitrogens is 2. The van der Waals surface area contributed by atoms with Crippen LogP contribution in [0.25, 0.3) is 0 Å². The van der Waals surface area contributed by atoms with Crippen molar-refractivity contribution in [2.24, 2.45) is 5.73 Å². The smallest absolute Gasteiger partial charge is 0.251 e. The van der Waals surface area contributed by atoms with Crippen LogP contribution in [0.2, 0.25) is 0 Å². The predicted octanol–water partition coefficient (Wildman–Crippen LogP) is 2.92. The SMILES string of the molecule is CC(NC(=O)c1cccc(Oc2cc(CN)ncn2)c1)c1ccccc1O. The summed E-state index contributed by atoms with van der Waals surface area (Å²) in [6.07, 6.45) is 1.38. The Balaban J connectivity index is 1.72. The molecule has 7 nitrogen and oxygen atoms in total. The number of carbonyl (C=O) groups excluding carboxylic acids is 1. The van der Waals surface area contributed by atoms with E-state index in [9.17, 15) is 9.90 Å². The molecule has 27 heavy (non-hydrogen) atoms. The van der Waals surface area contributed by atoms with Crippen LogP contribution >= 0.6 is 0 Å². The summed E-state index contributed by atoms with van der Waals surface area (Å²) >= 11 is 0. The van der Waals surface area contributed by atoms with Crippen LogP contribution in [-0.4, -0.2) is 21.0 Å². The lowest BCUT2D eigenvalue weighted by molar-refractivity contribution is 0.0939. The first-order valence-electron chi connectivity index (χ1n) is 8.44. The number of rotatable bonds is 6. The van der Waals surface area contributed by atoms with E-state index in [4.69, 9.17) is 10.5 Å². The first kappa shape index (κ1) is 18.3. The van der Waals surface area contributed by atoms with Crippen molar-refractivity contribution in [3.05, 3.63) is 77.7 Å². The maximum absolute atomic E-state index is 12.6. The van der Waals surface area contributed by atoms with Crippen molar-refractivity contribution in [3.63, 3.8) is 0 Å². The lowest BCUT2D eigenvalue weighted by Gasteiger charge is -2.16. The average molecular weight is 364 g/mol. The zero-order valence-corrected chi connectivity index (χ0v) is 14.8. The fourth-order valence-electron chi connectivity index (χ4n) is 2.58. The van der Waals surface area contributed by atoms with Crippen LogP contribution in [0, 0.1) is 0 Å². The van der Waals surface area contributed by atoms with Gasteiger partial charge < -0.3 is 20.9 Å². The van der Waals surface area contributed by atoms with Gasteiger partial charge in [-0.2, -0.15) is 0 Å². The Labute approximate surface area is 156 Å². The standard InChI is InChI=1S/C20H20N4O3/c1-13(17-7-2-3-8-18(17)25)24-20(26)14-5-4-6-16(9-14)27-19-10-15(11-21)22-12-23-19/h2-10,12-13,25H,11,21H2,1H3,(H,24,26). The summed E-state index contributed by atoms with van der Waals surface area (Å²) in [6.45, 7) is 2.09. The molecule has 0 spiro atoms. The summed E-state index contributed by atoms with van der Waals surface area (Å²) in [5.74, 6) is 0.688. The minimum Gasteiger partial charge on any atom is -0.508 e. The molecular weight excluding hydrogens is 344 g/mol. The molecule has 138 valence electrons. The highest BCUT2D eigenvalue weighted by Crippen LogP contribution is 2.24. The molecule has 3 aromatic rings. The third kappa shape index (κ3) is 4.59. The number of carbonyl (C=O) groups is 1. The highest BCUT2D eigenvalue weighted by molar-refractivity contribution is 5.94. The van der Waals surface area contributed by atoms with E-state index in [-0.39, 0.29) is 24.2 Å². The lowest BCUT2D eigenvalue weighted by Crippen LogP contribution is -2.26. The molecular formula is C20H20N4O3. The number of phenolic OH excluding ortho intramolecular Hbond substituents is 1. The normalized spacial score (nSPS) is 11.6. The maximum Gasteiger partial charge on any atom is 0.251 e. The number of amides is 1. The number of nitrogens with zero attached hydrogens (tertiary/aromatic N) is 2. The number of nitrogens with two attached hydrogens (primary N) is 1. The number of phenols is 1. The summed E-state index contributed by atoms with van der Waals surface area (Å²) in [5.41, 5.74) is 7.30. The second-order valence-corrected chi connectivity index (χ2v) is 5.94. The number of hydrogen-bond donors (Lipinski definition) is 3. The van der Waals surface area contributed by atoms with Gasteiger partial charge in [0.25, 0.3) is 5.91 Å². The van der Waals surface area contributed by atoms with Crippen LogP contribution in [0.3, 0.4) is 0 Å². The summed E-state index contributed by atoms with van der Waals surface area (Å²) in [6, 6.07) is 15.0. The maximum atomic E-state index is 12.6. The molecule has 1 amide bonds. The molecule has 0 aliphatic rings. The third-order valence-electron chi connectivity index (χ3n) is 3.98. The zero-order chi connectivity index (χ0) is 19.2. The molecule has 0 aliphatic heterocycles. The lowest BCUT2D eigenvalue weighted by atomic mass is 10.1. The quantitative estimate of drug-likeness (QED) is 0.620. The van der Waals surface area contributed by atoms with Crippen LogP contribution in [0.15, 0.2) is 60.9 Å². The molecule has 0 radical (unpaired) electrons. The Bertz CT molecular complexity index is 946. The van der Waals surface area contributed by atoms with Gasteiger partial charge in [-0.15, -0.1) is 0 Å². The Kier molecular flexibility index (Phi) is 5.63. The average Bonchev–Trinajstić information content (AvgIpc) is 2.68. The van der Waals surface area contributed by atoms with Gasteiger partial charge in [0.1, 0.15) is 17.8 Å². The van der Waals surface area contributed by atoms with Gasteiger partial charge in [-0.25, -0.2) is 9.97 Å². The van der Waals surface area contributed by atoms with E-state index in [1.807, 2.05) is 13.0 Å². The Morgan fingerprint density at radius 1 is 1.19 bits per heavy atom. The van der Waals surface area contributed by atoms with Gasteiger partial charge in [0, 0.05) is 23.7 Å². The summed E-state index contributed by atoms with van der Waals surface area (Å²) in [5, 5.41) is 12.8. The van der Waals surface area contributed by atoms with Gasteiger partial charge in [-0.05, 0) is 31.2 Å². The topological polar surface area (TPSA) is 110 Å². The number of aromatic hydroxyl groups is 1. The van der Waals surface area contributed by atoms with Crippen molar-refractivity contribution in [2.75, 3.05) is 0 Å². The highest BCUT2D eigenvalue weighted by Gasteiger charge is 2.14. The minimum absolute atomic E-state index is 0.141. The molecule has 0 aliphatic carbocycles. The molecule has 1 atom stereocenters.